The van der Waals surface area contributed by atoms with Gasteiger partial charge in [0.15, 0.2) is 5.78 Å². The zero-order chi connectivity index (χ0) is 18.5. The number of fused-ring (bicyclic) bond motifs is 1. The van der Waals surface area contributed by atoms with E-state index in [1.54, 1.807) is 30.3 Å². The summed E-state index contributed by atoms with van der Waals surface area (Å²) in [6.07, 6.45) is 2.96. The van der Waals surface area contributed by atoms with Crippen molar-refractivity contribution < 1.29 is 18.7 Å². The van der Waals surface area contributed by atoms with Crippen LogP contribution in [-0.4, -0.2) is 19.5 Å². The quantitative estimate of drug-likeness (QED) is 0.380. The fourth-order valence-electron chi connectivity index (χ4n) is 2.64. The maximum absolute atomic E-state index is 12.6. The van der Waals surface area contributed by atoms with Crippen LogP contribution in [0, 0.1) is 0 Å². The average Bonchev–Trinajstić information content (AvgIpc) is 2.66. The molecule has 0 aliphatic rings. The van der Waals surface area contributed by atoms with Gasteiger partial charge >= 0.3 is 5.63 Å². The molecule has 0 fully saturated rings. The van der Waals surface area contributed by atoms with Crippen LogP contribution < -0.4 is 15.1 Å². The van der Waals surface area contributed by atoms with Crippen LogP contribution >= 0.6 is 0 Å². The fourth-order valence-corrected chi connectivity index (χ4v) is 2.64. The Kier molecular flexibility index (Phi) is 5.17. The van der Waals surface area contributed by atoms with Gasteiger partial charge in [-0.15, -0.1) is 0 Å². The lowest BCUT2D eigenvalue weighted by atomic mass is 10.1. The van der Waals surface area contributed by atoms with Crippen LogP contribution in [0.5, 0.6) is 11.5 Å². The second-order valence-electron chi connectivity index (χ2n) is 5.49. The lowest BCUT2D eigenvalue weighted by molar-refractivity contribution is 0.104. The first-order valence-electron chi connectivity index (χ1n) is 8.19. The summed E-state index contributed by atoms with van der Waals surface area (Å²) in [6.45, 7) is 2.50. The third-order valence-corrected chi connectivity index (χ3v) is 3.83. The number of para-hydroxylation sites is 1. The van der Waals surface area contributed by atoms with E-state index in [1.165, 1.54) is 13.2 Å². The molecule has 3 aromatic rings. The lowest BCUT2D eigenvalue weighted by Gasteiger charge is -2.07. The summed E-state index contributed by atoms with van der Waals surface area (Å²) in [6, 6.07) is 14.2. The molecule has 0 unspecified atom stereocenters. The lowest BCUT2D eigenvalue weighted by Crippen LogP contribution is -2.14. The number of methoxy groups -OCH3 is 1. The largest absolute Gasteiger partial charge is 0.495 e. The summed E-state index contributed by atoms with van der Waals surface area (Å²) in [5.74, 6) is 0.501. The highest BCUT2D eigenvalue weighted by molar-refractivity contribution is 6.10. The molecule has 1 aromatic heterocycles. The van der Waals surface area contributed by atoms with Gasteiger partial charge in [0.05, 0.1) is 19.1 Å². The van der Waals surface area contributed by atoms with Gasteiger partial charge in [0.1, 0.15) is 22.6 Å². The van der Waals surface area contributed by atoms with Gasteiger partial charge in [-0.1, -0.05) is 30.3 Å². The molecule has 0 aliphatic carbocycles. The average molecular weight is 350 g/mol. The van der Waals surface area contributed by atoms with E-state index in [4.69, 9.17) is 13.9 Å². The highest BCUT2D eigenvalue weighted by Crippen LogP contribution is 2.27. The maximum Gasteiger partial charge on any atom is 0.351 e. The molecule has 132 valence electrons. The minimum absolute atomic E-state index is 0.117. The predicted molar refractivity (Wildman–Crippen MR) is 100 cm³/mol. The topological polar surface area (TPSA) is 65.7 Å². The number of benzene rings is 2. The van der Waals surface area contributed by atoms with Crippen LogP contribution in [0.3, 0.4) is 0 Å². The molecule has 1 heterocycles. The van der Waals surface area contributed by atoms with Gasteiger partial charge < -0.3 is 13.9 Å². The molecule has 0 spiro atoms. The van der Waals surface area contributed by atoms with Gasteiger partial charge in [0.2, 0.25) is 0 Å². The van der Waals surface area contributed by atoms with Crippen molar-refractivity contribution in [2.45, 2.75) is 6.92 Å². The molecule has 5 nitrogen and oxygen atoms in total. The van der Waals surface area contributed by atoms with Crippen molar-refractivity contribution in [3.63, 3.8) is 0 Å². The molecule has 0 N–H and O–H groups in total. The SMILES string of the molecule is CCOc1ccc(C=CC(=O)c2c(OC)c3ccccc3oc2=O)cc1. The molecule has 26 heavy (non-hydrogen) atoms. The molecule has 0 saturated carbocycles. The number of allylic oxidation sites excluding steroid dienone is 1. The van der Waals surface area contributed by atoms with E-state index in [9.17, 15) is 9.59 Å². The van der Waals surface area contributed by atoms with Crippen molar-refractivity contribution in [1.29, 1.82) is 0 Å². The number of hydrogen-bond donors (Lipinski definition) is 0. The minimum atomic E-state index is -0.720. The highest BCUT2D eigenvalue weighted by atomic mass is 16.5. The molecule has 0 aliphatic heterocycles. The van der Waals surface area contributed by atoms with Crippen molar-refractivity contribution in [1.82, 2.24) is 0 Å². The van der Waals surface area contributed by atoms with E-state index in [0.717, 1.165) is 11.3 Å². The van der Waals surface area contributed by atoms with Crippen molar-refractivity contribution >= 4 is 22.8 Å². The normalized spacial score (nSPS) is 11.0. The first kappa shape index (κ1) is 17.5. The van der Waals surface area contributed by atoms with Gasteiger partial charge in [-0.05, 0) is 42.8 Å². The molecule has 3 rings (SSSR count). The minimum Gasteiger partial charge on any atom is -0.495 e. The molecular weight excluding hydrogens is 332 g/mol. The number of carbonyl (C=O) groups excluding carboxylic acids is 1. The summed E-state index contributed by atoms with van der Waals surface area (Å²) in [5.41, 5.74) is 0.350. The molecule has 0 saturated heterocycles. The monoisotopic (exact) mass is 350 g/mol. The molecular formula is C21H18O5. The number of hydrogen-bond acceptors (Lipinski definition) is 5. The first-order valence-corrected chi connectivity index (χ1v) is 8.19. The summed E-state index contributed by atoms with van der Waals surface area (Å²) in [5, 5.41) is 0.576. The maximum atomic E-state index is 12.6. The van der Waals surface area contributed by atoms with E-state index in [1.807, 2.05) is 31.2 Å². The summed E-state index contributed by atoms with van der Waals surface area (Å²) in [4.78, 5) is 24.8. The van der Waals surface area contributed by atoms with Gasteiger partial charge in [-0.3, -0.25) is 4.79 Å². The third kappa shape index (κ3) is 3.52. The Balaban J connectivity index is 1.94. The number of ether oxygens (including phenoxy) is 2. The Bertz CT molecular complexity index is 1010. The zero-order valence-corrected chi connectivity index (χ0v) is 14.5. The number of ketones is 1. The van der Waals surface area contributed by atoms with E-state index in [2.05, 4.69) is 0 Å². The van der Waals surface area contributed by atoms with Gasteiger partial charge in [-0.2, -0.15) is 0 Å². The summed E-state index contributed by atoms with van der Waals surface area (Å²) >= 11 is 0. The van der Waals surface area contributed by atoms with E-state index in [-0.39, 0.29) is 11.3 Å². The molecule has 0 radical (unpaired) electrons. The molecule has 0 bridgehead atoms. The fraction of sp³-hybridized carbons (Fsp3) is 0.143. The van der Waals surface area contributed by atoms with Crippen LogP contribution in [0.1, 0.15) is 22.8 Å². The Hall–Kier alpha value is -3.34. The van der Waals surface area contributed by atoms with E-state index < -0.39 is 11.4 Å². The smallest absolute Gasteiger partial charge is 0.351 e. The van der Waals surface area contributed by atoms with E-state index >= 15 is 0 Å². The van der Waals surface area contributed by atoms with Crippen molar-refractivity contribution in [2.75, 3.05) is 13.7 Å². The Morgan fingerprint density at radius 1 is 1.12 bits per heavy atom. The number of rotatable bonds is 6. The van der Waals surface area contributed by atoms with Crippen molar-refractivity contribution in [3.8, 4) is 11.5 Å². The Morgan fingerprint density at radius 3 is 2.54 bits per heavy atom. The zero-order valence-electron chi connectivity index (χ0n) is 14.5. The third-order valence-electron chi connectivity index (χ3n) is 3.83. The second-order valence-corrected chi connectivity index (χ2v) is 5.49. The van der Waals surface area contributed by atoms with Crippen LogP contribution in [0.2, 0.25) is 0 Å². The van der Waals surface area contributed by atoms with Gasteiger partial charge in [0.25, 0.3) is 0 Å². The van der Waals surface area contributed by atoms with Crippen LogP contribution in [0.25, 0.3) is 17.0 Å². The molecule has 0 amide bonds. The second kappa shape index (κ2) is 7.70. The van der Waals surface area contributed by atoms with Crippen molar-refractivity contribution in [2.24, 2.45) is 0 Å². The molecule has 0 atom stereocenters. The first-order chi connectivity index (χ1) is 12.6. The number of carbonyl (C=O) groups is 1. The predicted octanol–water partition coefficient (Wildman–Crippen LogP) is 4.10. The molecule has 5 heteroatoms. The van der Waals surface area contributed by atoms with Crippen LogP contribution in [0.15, 0.2) is 63.8 Å². The highest BCUT2D eigenvalue weighted by Gasteiger charge is 2.20. The Labute approximate surface area is 150 Å². The van der Waals surface area contributed by atoms with Gasteiger partial charge in [-0.25, -0.2) is 4.79 Å². The summed E-state index contributed by atoms with van der Waals surface area (Å²) in [7, 11) is 1.42. The van der Waals surface area contributed by atoms with Crippen LogP contribution in [0.4, 0.5) is 0 Å². The van der Waals surface area contributed by atoms with E-state index in [0.29, 0.717) is 17.6 Å². The van der Waals surface area contributed by atoms with Gasteiger partial charge in [0, 0.05) is 0 Å². The van der Waals surface area contributed by atoms with Crippen molar-refractivity contribution in [3.05, 3.63) is 76.2 Å². The molecule has 2 aromatic carbocycles. The summed E-state index contributed by atoms with van der Waals surface area (Å²) < 4.78 is 15.9. The van der Waals surface area contributed by atoms with Crippen LogP contribution in [-0.2, 0) is 0 Å². The standard InChI is InChI=1S/C21H18O5/c1-3-25-15-11-8-14(9-12-15)10-13-17(22)19-20(24-2)16-6-4-5-7-18(16)26-21(19)23/h4-13H,3H2,1-2H3. The Morgan fingerprint density at radius 2 is 1.85 bits per heavy atom.